The predicted octanol–water partition coefficient (Wildman–Crippen LogP) is 2.95. The summed E-state index contributed by atoms with van der Waals surface area (Å²) in [6.07, 6.45) is -0.935. The second kappa shape index (κ2) is 6.96. The van der Waals surface area contributed by atoms with Gasteiger partial charge in [-0.2, -0.15) is 0 Å². The third-order valence-corrected chi connectivity index (χ3v) is 1.34. The van der Waals surface area contributed by atoms with Crippen molar-refractivity contribution in [2.24, 2.45) is 0 Å². The highest BCUT2D eigenvalue weighted by Crippen LogP contribution is 1.99. The van der Waals surface area contributed by atoms with E-state index >= 15 is 0 Å². The molecule has 0 nitrogen and oxygen atoms in total. The Morgan fingerprint density at radius 3 is 2.43 bits per heavy atom. The van der Waals surface area contributed by atoms with Gasteiger partial charge in [0.2, 0.25) is 0 Å². The standard InChI is InChI=1S/C5H10Br2/c6-4-2-1-3-5-7/h1-5H2/i2D2,4D2. The lowest BCUT2D eigenvalue weighted by Crippen LogP contribution is -1.76. The third-order valence-electron chi connectivity index (χ3n) is 0.502. The summed E-state index contributed by atoms with van der Waals surface area (Å²) in [5, 5.41) is -1.22. The highest BCUT2D eigenvalue weighted by molar-refractivity contribution is 9.09. The molecule has 0 unspecified atom stereocenters. The first-order valence-electron chi connectivity index (χ1n) is 4.06. The molecule has 0 aromatic rings. The minimum absolute atomic E-state index is 0.219. The lowest BCUT2D eigenvalue weighted by Gasteiger charge is -1.88. The molecule has 7 heavy (non-hydrogen) atoms. The number of hydrogen-bond donors (Lipinski definition) is 0. The Morgan fingerprint density at radius 1 is 1.29 bits per heavy atom. The lowest BCUT2D eigenvalue weighted by molar-refractivity contribution is 0.792. The Kier molecular flexibility index (Phi) is 3.19. The van der Waals surface area contributed by atoms with Crippen LogP contribution < -0.4 is 0 Å². The fourth-order valence-corrected chi connectivity index (χ4v) is 0.681. The molecule has 0 N–H and O–H groups in total. The Bertz CT molecular complexity index is 120. The van der Waals surface area contributed by atoms with Crippen LogP contribution in [0.5, 0.6) is 0 Å². The largest absolute Gasteiger partial charge is 0.0928 e. The molecule has 0 amide bonds. The lowest BCUT2D eigenvalue weighted by atomic mass is 10.3. The summed E-state index contributed by atoms with van der Waals surface area (Å²) >= 11 is 5.84. The summed E-state index contributed by atoms with van der Waals surface area (Å²) in [5.41, 5.74) is 0. The smallest absolute Gasteiger partial charge is 0.0387 e. The normalized spacial score (nSPS) is 22.0. The molecular weight excluding hydrogens is 220 g/mol. The molecule has 0 aliphatic rings. The molecule has 0 fully saturated rings. The molecule has 0 bridgehead atoms. The molecule has 0 atom stereocenters. The zero-order chi connectivity index (χ0) is 9.12. The molecule has 0 radical (unpaired) electrons. The van der Waals surface area contributed by atoms with Gasteiger partial charge in [0.15, 0.2) is 0 Å². The first kappa shape index (κ1) is 3.21. The van der Waals surface area contributed by atoms with E-state index in [4.69, 9.17) is 5.48 Å². The first-order valence-corrected chi connectivity index (χ1v) is 3.97. The van der Waals surface area contributed by atoms with Gasteiger partial charge in [-0.25, -0.2) is 0 Å². The third kappa shape index (κ3) is 6.96. The maximum Gasteiger partial charge on any atom is 0.0387 e. The van der Waals surface area contributed by atoms with E-state index < -0.39 is 11.7 Å². The van der Waals surface area contributed by atoms with Crippen LogP contribution in [0, 0.1) is 0 Å². The molecule has 2 heteroatoms. The summed E-state index contributed by atoms with van der Waals surface area (Å²) in [5.74, 6) is 0. The van der Waals surface area contributed by atoms with Gasteiger partial charge in [0, 0.05) is 16.1 Å². The fourth-order valence-electron chi connectivity index (χ4n) is 0.202. The van der Waals surface area contributed by atoms with Gasteiger partial charge in [-0.15, -0.1) is 0 Å². The number of halogens is 2. The summed E-state index contributed by atoms with van der Waals surface area (Å²) < 4.78 is 28.8. The quantitative estimate of drug-likeness (QED) is 0.656. The molecule has 0 saturated carbocycles. The maximum atomic E-state index is 7.30. The van der Waals surface area contributed by atoms with Crippen LogP contribution in [0.2, 0.25) is 0 Å². The van der Waals surface area contributed by atoms with Crippen molar-refractivity contribution in [3.8, 4) is 0 Å². The molecule has 44 valence electrons. The number of alkyl halides is 2. The van der Waals surface area contributed by atoms with Crippen molar-refractivity contribution in [2.45, 2.75) is 19.2 Å². The topological polar surface area (TPSA) is 0 Å². The van der Waals surface area contributed by atoms with Crippen molar-refractivity contribution in [3.63, 3.8) is 0 Å². The second-order valence-corrected chi connectivity index (χ2v) is 2.25. The van der Waals surface area contributed by atoms with Crippen LogP contribution >= 0.6 is 31.9 Å². The summed E-state index contributed by atoms with van der Waals surface area (Å²) in [6, 6.07) is 0. The van der Waals surface area contributed by atoms with E-state index in [9.17, 15) is 0 Å². The van der Waals surface area contributed by atoms with Crippen molar-refractivity contribution < 1.29 is 5.48 Å². The summed E-state index contributed by atoms with van der Waals surface area (Å²) in [4.78, 5) is 0. The van der Waals surface area contributed by atoms with Crippen molar-refractivity contribution in [1.29, 1.82) is 0 Å². The van der Waals surface area contributed by atoms with Crippen LogP contribution in [0.4, 0.5) is 0 Å². The van der Waals surface area contributed by atoms with Gasteiger partial charge in [0.25, 0.3) is 0 Å². The van der Waals surface area contributed by atoms with Crippen LogP contribution in [0.25, 0.3) is 0 Å². The van der Waals surface area contributed by atoms with E-state index in [1.165, 1.54) is 0 Å². The van der Waals surface area contributed by atoms with Gasteiger partial charge in [-0.05, 0) is 12.8 Å². The van der Waals surface area contributed by atoms with Crippen molar-refractivity contribution in [2.75, 3.05) is 10.6 Å². The Hall–Kier alpha value is 0.960. The average Bonchev–Trinajstić information content (AvgIpc) is 1.81. The van der Waals surface area contributed by atoms with Gasteiger partial charge in [-0.1, -0.05) is 38.3 Å². The van der Waals surface area contributed by atoms with E-state index in [2.05, 4.69) is 31.9 Å². The van der Waals surface area contributed by atoms with Crippen molar-refractivity contribution in [1.82, 2.24) is 0 Å². The van der Waals surface area contributed by atoms with Crippen LogP contribution in [0.1, 0.15) is 24.7 Å². The van der Waals surface area contributed by atoms with Gasteiger partial charge in [-0.3, -0.25) is 0 Å². The average molecular weight is 234 g/mol. The zero-order valence-electron chi connectivity index (χ0n) is 7.88. The minimum atomic E-state index is -1.93. The predicted molar refractivity (Wildman–Crippen MR) is 41.4 cm³/mol. The molecule has 0 aromatic carbocycles. The molecule has 0 saturated heterocycles. The Morgan fingerprint density at radius 2 is 2.00 bits per heavy atom. The van der Waals surface area contributed by atoms with Gasteiger partial charge < -0.3 is 0 Å². The molecule has 0 aliphatic heterocycles. The summed E-state index contributed by atoms with van der Waals surface area (Å²) in [7, 11) is 0. The first-order chi connectivity index (χ1) is 4.81. The van der Waals surface area contributed by atoms with Gasteiger partial charge >= 0.3 is 0 Å². The van der Waals surface area contributed by atoms with Crippen LogP contribution in [-0.4, -0.2) is 10.6 Å². The van der Waals surface area contributed by atoms with Crippen molar-refractivity contribution >= 4 is 31.9 Å². The zero-order valence-corrected chi connectivity index (χ0v) is 7.05. The molecule has 0 aromatic heterocycles. The molecular formula is C5H10Br2. The molecule has 0 spiro atoms. The highest BCUT2D eigenvalue weighted by atomic mass is 79.9. The highest BCUT2D eigenvalue weighted by Gasteiger charge is 1.81. The van der Waals surface area contributed by atoms with Crippen LogP contribution in [0.3, 0.4) is 0 Å². The molecule has 0 heterocycles. The fraction of sp³-hybridized carbons (Fsp3) is 1.00. The van der Waals surface area contributed by atoms with Crippen LogP contribution in [0.15, 0.2) is 0 Å². The summed E-state index contributed by atoms with van der Waals surface area (Å²) in [6.45, 7) is 0. The second-order valence-electron chi connectivity index (χ2n) is 1.06. The molecule has 0 aliphatic carbocycles. The number of rotatable bonds is 4. The van der Waals surface area contributed by atoms with E-state index in [0.717, 1.165) is 0 Å². The number of hydrogen-bond acceptors (Lipinski definition) is 0. The maximum absolute atomic E-state index is 7.30. The minimum Gasteiger partial charge on any atom is -0.0928 e. The molecule has 0 rings (SSSR count). The van der Waals surface area contributed by atoms with E-state index in [0.29, 0.717) is 11.8 Å². The van der Waals surface area contributed by atoms with Gasteiger partial charge in [0.05, 0.1) is 0 Å². The Labute approximate surface area is 67.6 Å². The van der Waals surface area contributed by atoms with E-state index in [1.54, 1.807) is 0 Å². The monoisotopic (exact) mass is 232 g/mol. The van der Waals surface area contributed by atoms with Crippen molar-refractivity contribution in [3.05, 3.63) is 0 Å². The van der Waals surface area contributed by atoms with E-state index in [-0.39, 0.29) is 6.42 Å². The van der Waals surface area contributed by atoms with Crippen LogP contribution in [-0.2, 0) is 0 Å². The SMILES string of the molecule is [2H]C([2H])(Br)C([2H])([2H])CCCBr. The Balaban J connectivity index is 4.00. The van der Waals surface area contributed by atoms with E-state index in [1.807, 2.05) is 0 Å². The van der Waals surface area contributed by atoms with Gasteiger partial charge in [0.1, 0.15) is 0 Å².